The minimum absolute atomic E-state index is 0.144. The van der Waals surface area contributed by atoms with E-state index in [1.165, 1.54) is 5.56 Å². The van der Waals surface area contributed by atoms with E-state index in [0.29, 0.717) is 0 Å². The van der Waals surface area contributed by atoms with Crippen molar-refractivity contribution in [2.24, 2.45) is 0 Å². The van der Waals surface area contributed by atoms with Crippen molar-refractivity contribution in [2.45, 2.75) is 26.2 Å². The smallest absolute Gasteiger partial charge is 0.205 e. The molecule has 2 aromatic carbocycles. The van der Waals surface area contributed by atoms with Gasteiger partial charge in [-0.2, -0.15) is 0 Å². The summed E-state index contributed by atoms with van der Waals surface area (Å²) in [6, 6.07) is 16.5. The summed E-state index contributed by atoms with van der Waals surface area (Å²) < 4.78 is 0. The van der Waals surface area contributed by atoms with Crippen LogP contribution in [0, 0.1) is 0 Å². The maximum atomic E-state index is 4.53. The lowest BCUT2D eigenvalue weighted by Crippen LogP contribution is -2.11. The summed E-state index contributed by atoms with van der Waals surface area (Å²) in [6.07, 6.45) is 0. The number of fused-ring (bicyclic) bond motifs is 1. The van der Waals surface area contributed by atoms with Crippen molar-refractivity contribution in [3.8, 4) is 0 Å². The SMILES string of the molecule is CC(C)(C)c1cccc(Nc2nc3ccccc3[nH]2)c1. The quantitative estimate of drug-likeness (QED) is 0.710. The van der Waals surface area contributed by atoms with Crippen molar-refractivity contribution in [2.75, 3.05) is 5.32 Å². The van der Waals surface area contributed by atoms with Gasteiger partial charge in [0.15, 0.2) is 0 Å². The first kappa shape index (κ1) is 12.7. The van der Waals surface area contributed by atoms with Crippen LogP contribution in [0.5, 0.6) is 0 Å². The predicted molar refractivity (Wildman–Crippen MR) is 84.5 cm³/mol. The van der Waals surface area contributed by atoms with Crippen molar-refractivity contribution >= 4 is 22.7 Å². The van der Waals surface area contributed by atoms with Crippen molar-refractivity contribution in [3.63, 3.8) is 0 Å². The number of anilines is 2. The van der Waals surface area contributed by atoms with Gasteiger partial charge in [-0.1, -0.05) is 45.0 Å². The van der Waals surface area contributed by atoms with Crippen molar-refractivity contribution in [1.82, 2.24) is 9.97 Å². The highest BCUT2D eigenvalue weighted by atomic mass is 15.1. The monoisotopic (exact) mass is 265 g/mol. The second kappa shape index (κ2) is 4.67. The molecule has 0 aliphatic rings. The average molecular weight is 265 g/mol. The van der Waals surface area contributed by atoms with E-state index < -0.39 is 0 Å². The number of nitrogens with zero attached hydrogens (tertiary/aromatic N) is 1. The van der Waals surface area contributed by atoms with Crippen LogP contribution in [0.15, 0.2) is 48.5 Å². The minimum atomic E-state index is 0.144. The fourth-order valence-corrected chi connectivity index (χ4v) is 2.21. The zero-order chi connectivity index (χ0) is 14.2. The lowest BCUT2D eigenvalue weighted by Gasteiger charge is -2.19. The van der Waals surface area contributed by atoms with Gasteiger partial charge in [0, 0.05) is 5.69 Å². The Hall–Kier alpha value is -2.29. The van der Waals surface area contributed by atoms with Gasteiger partial charge in [-0.15, -0.1) is 0 Å². The third kappa shape index (κ3) is 2.52. The van der Waals surface area contributed by atoms with Gasteiger partial charge in [0.1, 0.15) is 0 Å². The van der Waals surface area contributed by atoms with E-state index in [1.54, 1.807) is 0 Å². The van der Waals surface area contributed by atoms with E-state index in [-0.39, 0.29) is 5.41 Å². The normalized spacial score (nSPS) is 11.8. The summed E-state index contributed by atoms with van der Waals surface area (Å²) in [7, 11) is 0. The Morgan fingerprint density at radius 2 is 1.80 bits per heavy atom. The molecular weight excluding hydrogens is 246 g/mol. The van der Waals surface area contributed by atoms with Crippen LogP contribution < -0.4 is 5.32 Å². The third-order valence-corrected chi connectivity index (χ3v) is 3.38. The molecule has 1 heterocycles. The first-order valence-corrected chi connectivity index (χ1v) is 6.85. The molecule has 3 aromatic rings. The Bertz CT molecular complexity index is 702. The molecule has 0 amide bonds. The molecule has 0 aliphatic heterocycles. The molecule has 0 bridgehead atoms. The summed E-state index contributed by atoms with van der Waals surface area (Å²) in [4.78, 5) is 7.81. The number of para-hydroxylation sites is 2. The molecule has 1 aromatic heterocycles. The Morgan fingerprint density at radius 1 is 1.00 bits per heavy atom. The van der Waals surface area contributed by atoms with Crippen molar-refractivity contribution in [3.05, 3.63) is 54.1 Å². The number of benzene rings is 2. The van der Waals surface area contributed by atoms with Crippen LogP contribution in [0.3, 0.4) is 0 Å². The number of imidazole rings is 1. The molecule has 0 fully saturated rings. The molecule has 0 saturated heterocycles. The number of rotatable bonds is 2. The van der Waals surface area contributed by atoms with E-state index in [1.807, 2.05) is 24.3 Å². The molecule has 0 unspecified atom stereocenters. The molecule has 0 aliphatic carbocycles. The van der Waals surface area contributed by atoms with Gasteiger partial charge in [-0.25, -0.2) is 4.98 Å². The Morgan fingerprint density at radius 3 is 2.55 bits per heavy atom. The molecule has 0 atom stereocenters. The van der Waals surface area contributed by atoms with Gasteiger partial charge in [-0.3, -0.25) is 0 Å². The van der Waals surface area contributed by atoms with Gasteiger partial charge in [0.2, 0.25) is 5.95 Å². The molecule has 3 heteroatoms. The van der Waals surface area contributed by atoms with Crippen LogP contribution in [-0.2, 0) is 5.41 Å². The fraction of sp³-hybridized carbons (Fsp3) is 0.235. The van der Waals surface area contributed by atoms with Gasteiger partial charge < -0.3 is 10.3 Å². The lowest BCUT2D eigenvalue weighted by atomic mass is 9.87. The molecular formula is C17H19N3. The van der Waals surface area contributed by atoms with Crippen LogP contribution in [0.25, 0.3) is 11.0 Å². The first-order chi connectivity index (χ1) is 9.52. The van der Waals surface area contributed by atoms with Crippen molar-refractivity contribution < 1.29 is 0 Å². The molecule has 0 spiro atoms. The third-order valence-electron chi connectivity index (χ3n) is 3.38. The Labute approximate surface area is 119 Å². The number of aromatic amines is 1. The molecule has 3 nitrogen and oxygen atoms in total. The first-order valence-electron chi connectivity index (χ1n) is 6.85. The summed E-state index contributed by atoms with van der Waals surface area (Å²) >= 11 is 0. The summed E-state index contributed by atoms with van der Waals surface area (Å²) in [6.45, 7) is 6.65. The molecule has 0 saturated carbocycles. The number of aromatic nitrogens is 2. The molecule has 3 rings (SSSR count). The number of nitrogens with one attached hydrogen (secondary N) is 2. The highest BCUT2D eigenvalue weighted by Gasteiger charge is 2.13. The molecule has 102 valence electrons. The van der Waals surface area contributed by atoms with Crippen LogP contribution in [0.1, 0.15) is 26.3 Å². The van der Waals surface area contributed by atoms with Crippen LogP contribution in [-0.4, -0.2) is 9.97 Å². The largest absolute Gasteiger partial charge is 0.326 e. The van der Waals surface area contributed by atoms with Crippen molar-refractivity contribution in [1.29, 1.82) is 0 Å². The summed E-state index contributed by atoms with van der Waals surface area (Å²) in [5.74, 6) is 0.775. The molecule has 2 N–H and O–H groups in total. The second-order valence-electron chi connectivity index (χ2n) is 6.06. The van der Waals surface area contributed by atoms with Crippen LogP contribution in [0.2, 0.25) is 0 Å². The van der Waals surface area contributed by atoms with E-state index in [2.05, 4.69) is 60.3 Å². The van der Waals surface area contributed by atoms with Gasteiger partial charge in [-0.05, 0) is 35.2 Å². The fourth-order valence-electron chi connectivity index (χ4n) is 2.21. The minimum Gasteiger partial charge on any atom is -0.326 e. The topological polar surface area (TPSA) is 40.7 Å². The number of hydrogen-bond acceptors (Lipinski definition) is 2. The number of hydrogen-bond donors (Lipinski definition) is 2. The van der Waals surface area contributed by atoms with Gasteiger partial charge in [0.25, 0.3) is 0 Å². The zero-order valence-corrected chi connectivity index (χ0v) is 12.1. The Kier molecular flexibility index (Phi) is 2.97. The average Bonchev–Trinajstić information content (AvgIpc) is 2.80. The maximum Gasteiger partial charge on any atom is 0.205 e. The standard InChI is InChI=1S/C17H19N3/c1-17(2,3)12-7-6-8-13(11-12)18-16-19-14-9-4-5-10-15(14)20-16/h4-11H,1-3H3,(H2,18,19,20). The number of H-pyrrole nitrogens is 1. The predicted octanol–water partition coefficient (Wildman–Crippen LogP) is 4.60. The van der Waals surface area contributed by atoms with Gasteiger partial charge >= 0.3 is 0 Å². The van der Waals surface area contributed by atoms with E-state index in [4.69, 9.17) is 0 Å². The zero-order valence-electron chi connectivity index (χ0n) is 12.1. The highest BCUT2D eigenvalue weighted by molar-refractivity contribution is 5.78. The van der Waals surface area contributed by atoms with Crippen LogP contribution in [0.4, 0.5) is 11.6 Å². The second-order valence-corrected chi connectivity index (χ2v) is 6.06. The Balaban J connectivity index is 1.91. The highest BCUT2D eigenvalue weighted by Crippen LogP contribution is 2.26. The molecule has 20 heavy (non-hydrogen) atoms. The molecule has 0 radical (unpaired) electrons. The maximum absolute atomic E-state index is 4.53. The summed E-state index contributed by atoms with van der Waals surface area (Å²) in [5.41, 5.74) is 4.52. The van der Waals surface area contributed by atoms with Gasteiger partial charge in [0.05, 0.1) is 11.0 Å². The van der Waals surface area contributed by atoms with E-state index in [9.17, 15) is 0 Å². The van der Waals surface area contributed by atoms with Crippen LogP contribution >= 0.6 is 0 Å². The van der Waals surface area contributed by atoms with E-state index >= 15 is 0 Å². The summed E-state index contributed by atoms with van der Waals surface area (Å²) in [5, 5.41) is 3.34. The lowest BCUT2D eigenvalue weighted by molar-refractivity contribution is 0.590. The van der Waals surface area contributed by atoms with E-state index in [0.717, 1.165) is 22.7 Å².